The van der Waals surface area contributed by atoms with Gasteiger partial charge in [-0.3, -0.25) is 11.7 Å². The summed E-state index contributed by atoms with van der Waals surface area (Å²) in [5.74, 6) is 8.75. The number of rotatable bonds is 0. The third-order valence-electron chi connectivity index (χ3n) is 0.667. The Morgan fingerprint density at radius 2 is 0.778 bits per heavy atom. The highest BCUT2D eigenvalue weighted by molar-refractivity contribution is 4.99. The van der Waals surface area contributed by atoms with Crippen LogP contribution >= 0.6 is 0 Å². The lowest BCUT2D eigenvalue weighted by atomic mass is 10.4. The van der Waals surface area contributed by atoms with Crippen LogP contribution in [0.1, 0.15) is 0 Å². The maximum atomic E-state index is 4.38. The van der Waals surface area contributed by atoms with Crippen LogP contribution < -0.4 is 17.2 Å². The van der Waals surface area contributed by atoms with E-state index in [9.17, 15) is 0 Å². The predicted molar refractivity (Wildman–Crippen MR) is 38.0 cm³/mol. The van der Waals surface area contributed by atoms with E-state index in [1.54, 1.807) is 5.53 Å². The molecule has 0 saturated heterocycles. The summed E-state index contributed by atoms with van der Waals surface area (Å²) < 4.78 is 0. The summed E-state index contributed by atoms with van der Waals surface area (Å²) in [6.07, 6.45) is 0. The van der Waals surface area contributed by atoms with Gasteiger partial charge in [-0.15, -0.1) is 0 Å². The molecule has 0 bridgehead atoms. The quantitative estimate of drug-likeness (QED) is 0.338. The molecule has 0 aliphatic rings. The minimum atomic E-state index is 1.75. The van der Waals surface area contributed by atoms with Crippen molar-refractivity contribution in [2.75, 3.05) is 0 Å². The molecule has 0 aromatic heterocycles. The molecule has 0 saturated carbocycles. The second kappa shape index (κ2) is 7.10. The van der Waals surface area contributed by atoms with E-state index in [0.29, 0.717) is 0 Å². The Morgan fingerprint density at radius 1 is 0.667 bits per heavy atom. The highest BCUT2D eigenvalue weighted by Crippen LogP contribution is 1.79. The number of nitrogens with one attached hydrogen (secondary N) is 1. The lowest BCUT2D eigenvalue weighted by molar-refractivity contribution is 0.803. The molecule has 0 atom stereocenters. The van der Waals surface area contributed by atoms with E-state index >= 15 is 0 Å². The van der Waals surface area contributed by atoms with Crippen LogP contribution in [0.2, 0.25) is 0 Å². The number of hydrogen-bond donors (Lipinski definition) is 3. The van der Waals surface area contributed by atoms with E-state index in [0.717, 1.165) is 0 Å². The monoisotopic (exact) mass is 125 g/mol. The average molecular weight is 125 g/mol. The molecule has 1 rings (SSSR count). The summed E-state index contributed by atoms with van der Waals surface area (Å²) in [6, 6.07) is 12.0. The molecule has 0 spiro atoms. The van der Waals surface area contributed by atoms with Crippen molar-refractivity contribution in [2.24, 2.45) is 11.7 Å². The Labute approximate surface area is 54.6 Å². The number of nitrogens with two attached hydrogens (primary N) is 2. The first-order valence-electron chi connectivity index (χ1n) is 2.58. The molecule has 0 aliphatic carbocycles. The molecule has 3 nitrogen and oxygen atoms in total. The van der Waals surface area contributed by atoms with Gasteiger partial charge in [-0.1, -0.05) is 36.4 Å². The third-order valence-corrected chi connectivity index (χ3v) is 0.667. The molecule has 5 N–H and O–H groups in total. The Morgan fingerprint density at radius 3 is 0.889 bits per heavy atom. The fourth-order valence-corrected chi connectivity index (χ4v) is 0.385. The molecule has 0 fully saturated rings. The van der Waals surface area contributed by atoms with E-state index in [1.165, 1.54) is 0 Å². The smallest absolute Gasteiger partial charge is 0.0623 e. The summed E-state index contributed by atoms with van der Waals surface area (Å²) in [4.78, 5) is 0. The first kappa shape index (κ1) is 8.10. The van der Waals surface area contributed by atoms with Crippen molar-refractivity contribution in [3.63, 3.8) is 0 Å². The topological polar surface area (TPSA) is 64.1 Å². The van der Waals surface area contributed by atoms with Crippen LogP contribution in [-0.4, -0.2) is 0 Å². The van der Waals surface area contributed by atoms with Gasteiger partial charge in [-0.05, 0) is 0 Å². The second-order valence-electron chi connectivity index (χ2n) is 1.32. The van der Waals surface area contributed by atoms with Gasteiger partial charge < -0.3 is 0 Å². The van der Waals surface area contributed by atoms with Gasteiger partial charge in [-0.25, -0.2) is 0 Å². The van der Waals surface area contributed by atoms with Crippen LogP contribution in [-0.2, 0) is 0 Å². The standard InChI is InChI=1S/C6H6.H5N3/c1-2-4-6-5-3-1;1-3-2/h1-6H;3H,1-2H2. The van der Waals surface area contributed by atoms with Gasteiger partial charge in [0.05, 0.1) is 0 Å². The van der Waals surface area contributed by atoms with Gasteiger partial charge in [0.1, 0.15) is 0 Å². The molecule has 0 aliphatic heterocycles. The van der Waals surface area contributed by atoms with Crippen molar-refractivity contribution in [1.29, 1.82) is 0 Å². The molecule has 0 radical (unpaired) electrons. The lowest BCUT2D eigenvalue weighted by Gasteiger charge is -1.69. The van der Waals surface area contributed by atoms with E-state index < -0.39 is 0 Å². The summed E-state index contributed by atoms with van der Waals surface area (Å²) >= 11 is 0. The van der Waals surface area contributed by atoms with E-state index in [2.05, 4.69) is 11.7 Å². The lowest BCUT2D eigenvalue weighted by Crippen LogP contribution is -2.29. The van der Waals surface area contributed by atoms with Crippen molar-refractivity contribution >= 4 is 0 Å². The Bertz CT molecular complexity index is 91.2. The van der Waals surface area contributed by atoms with Crippen molar-refractivity contribution in [3.05, 3.63) is 36.4 Å². The van der Waals surface area contributed by atoms with Crippen LogP contribution in [0.4, 0.5) is 0 Å². The number of hydrazine groups is 2. The van der Waals surface area contributed by atoms with Crippen molar-refractivity contribution < 1.29 is 0 Å². The highest BCUT2D eigenvalue weighted by Gasteiger charge is 1.57. The maximum absolute atomic E-state index is 4.38. The first-order chi connectivity index (χ1) is 4.41. The molecule has 1 aromatic rings. The molecule has 9 heavy (non-hydrogen) atoms. The van der Waals surface area contributed by atoms with E-state index in [1.807, 2.05) is 36.4 Å². The Kier molecular flexibility index (Phi) is 6.39. The van der Waals surface area contributed by atoms with Gasteiger partial charge in [-0.2, -0.15) is 5.53 Å². The average Bonchev–Trinajstić information content (AvgIpc) is 1.93. The summed E-state index contributed by atoms with van der Waals surface area (Å²) in [5, 5.41) is 0. The van der Waals surface area contributed by atoms with E-state index in [-0.39, 0.29) is 0 Å². The summed E-state index contributed by atoms with van der Waals surface area (Å²) in [6.45, 7) is 0. The van der Waals surface area contributed by atoms with Crippen LogP contribution in [0.15, 0.2) is 36.4 Å². The fraction of sp³-hybridized carbons (Fsp3) is 0. The normalized spacial score (nSPS) is 7.33. The minimum absolute atomic E-state index is 1.75. The molecule has 0 amide bonds. The zero-order chi connectivity index (χ0) is 6.95. The second-order valence-corrected chi connectivity index (χ2v) is 1.32. The van der Waals surface area contributed by atoms with Crippen LogP contribution in [0.3, 0.4) is 0 Å². The van der Waals surface area contributed by atoms with Gasteiger partial charge in [0.15, 0.2) is 0 Å². The van der Waals surface area contributed by atoms with Crippen LogP contribution in [0.25, 0.3) is 0 Å². The molecule has 0 heterocycles. The molecule has 1 aromatic carbocycles. The van der Waals surface area contributed by atoms with Crippen molar-refractivity contribution in [1.82, 2.24) is 5.53 Å². The van der Waals surface area contributed by atoms with Crippen molar-refractivity contribution in [3.8, 4) is 0 Å². The molecular weight excluding hydrogens is 114 g/mol. The zero-order valence-corrected chi connectivity index (χ0v) is 5.12. The van der Waals surface area contributed by atoms with Gasteiger partial charge in [0, 0.05) is 0 Å². The zero-order valence-electron chi connectivity index (χ0n) is 5.12. The molecular formula is C6H11N3. The first-order valence-corrected chi connectivity index (χ1v) is 2.58. The summed E-state index contributed by atoms with van der Waals surface area (Å²) in [5.41, 5.74) is 1.75. The Balaban J connectivity index is 0.000000187. The van der Waals surface area contributed by atoms with E-state index in [4.69, 9.17) is 0 Å². The summed E-state index contributed by atoms with van der Waals surface area (Å²) in [7, 11) is 0. The Hall–Kier alpha value is -0.900. The van der Waals surface area contributed by atoms with Gasteiger partial charge >= 0.3 is 0 Å². The predicted octanol–water partition coefficient (Wildman–Crippen LogP) is 0.0100. The molecule has 3 heteroatoms. The number of hydrogen-bond acceptors (Lipinski definition) is 3. The third kappa shape index (κ3) is 7.10. The van der Waals surface area contributed by atoms with Crippen LogP contribution in [0.5, 0.6) is 0 Å². The van der Waals surface area contributed by atoms with Crippen LogP contribution in [0, 0.1) is 0 Å². The highest BCUT2D eigenvalue weighted by atomic mass is 15.4. The largest absolute Gasteiger partial charge is 0.258 e. The minimum Gasteiger partial charge on any atom is -0.258 e. The SMILES string of the molecule is NNN.c1ccccc1. The maximum Gasteiger partial charge on any atom is -0.0623 e. The van der Waals surface area contributed by atoms with Gasteiger partial charge in [0.25, 0.3) is 0 Å². The van der Waals surface area contributed by atoms with Crippen molar-refractivity contribution in [2.45, 2.75) is 0 Å². The molecule has 0 unspecified atom stereocenters. The fourth-order valence-electron chi connectivity index (χ4n) is 0.385. The molecule has 50 valence electrons. The number of benzene rings is 1. The van der Waals surface area contributed by atoms with Gasteiger partial charge in [0.2, 0.25) is 0 Å².